The number of benzene rings is 2. The molecule has 1 saturated carbocycles. The molecule has 0 heterocycles. The summed E-state index contributed by atoms with van der Waals surface area (Å²) in [5, 5.41) is 15.1. The molecule has 200 valence electrons. The van der Waals surface area contributed by atoms with Gasteiger partial charge in [-0.15, -0.1) is 0 Å². The van der Waals surface area contributed by atoms with E-state index < -0.39 is 34.5 Å². The minimum atomic E-state index is -0.794. The zero-order valence-corrected chi connectivity index (χ0v) is 21.6. The summed E-state index contributed by atoms with van der Waals surface area (Å²) < 4.78 is 38.1. The number of hydrogen-bond donors (Lipinski definition) is 3. The second kappa shape index (κ2) is 11.6. The summed E-state index contributed by atoms with van der Waals surface area (Å²) in [6, 6.07) is 7.79. The summed E-state index contributed by atoms with van der Waals surface area (Å²) >= 11 is 11.3. The van der Waals surface area contributed by atoms with Crippen LogP contribution in [0.25, 0.3) is 0 Å². The van der Waals surface area contributed by atoms with Crippen LogP contribution in [-0.2, 0) is 9.59 Å². The van der Waals surface area contributed by atoms with Gasteiger partial charge in [0.05, 0.1) is 21.1 Å². The lowest BCUT2D eigenvalue weighted by atomic mass is 9.62. The SMILES string of the molecule is O=C(COc1ccc(Cl)c(F)c1)NC12C=C(C#CCO)C(NC(=O)COc3ccc(Cl)c(F)c3)(CC1)CC2. The average Bonchev–Trinajstić information content (AvgIpc) is 2.89. The number of aliphatic hydroxyl groups excluding tert-OH is 1. The van der Waals surface area contributed by atoms with E-state index in [-0.39, 0.29) is 41.4 Å². The second-order valence-electron chi connectivity index (χ2n) is 9.08. The molecule has 1 fully saturated rings. The summed E-state index contributed by atoms with van der Waals surface area (Å²) in [7, 11) is 0. The van der Waals surface area contributed by atoms with Crippen LogP contribution >= 0.6 is 23.2 Å². The summed E-state index contributed by atoms with van der Waals surface area (Å²) in [6.45, 7) is -1.07. The summed E-state index contributed by atoms with van der Waals surface area (Å²) in [5.41, 5.74) is -0.942. The first kappa shape index (κ1) is 27.7. The number of carbonyl (C=O) groups is 2. The average molecular weight is 565 g/mol. The summed E-state index contributed by atoms with van der Waals surface area (Å²) in [5.74, 6) is 3.70. The van der Waals surface area contributed by atoms with E-state index in [9.17, 15) is 23.5 Å². The number of nitrogens with one attached hydrogen (secondary N) is 2. The second-order valence-corrected chi connectivity index (χ2v) is 9.90. The van der Waals surface area contributed by atoms with Crippen LogP contribution in [0.5, 0.6) is 11.5 Å². The van der Waals surface area contributed by atoms with Crippen molar-refractivity contribution >= 4 is 35.0 Å². The lowest BCUT2D eigenvalue weighted by molar-refractivity contribution is -0.127. The van der Waals surface area contributed by atoms with Crippen molar-refractivity contribution in [1.82, 2.24) is 10.6 Å². The highest BCUT2D eigenvalue weighted by Crippen LogP contribution is 2.46. The van der Waals surface area contributed by atoms with Gasteiger partial charge in [-0.2, -0.15) is 0 Å². The molecule has 0 unspecified atom stereocenters. The maximum atomic E-state index is 13.6. The molecule has 38 heavy (non-hydrogen) atoms. The number of aliphatic hydroxyl groups is 1. The first-order valence-electron chi connectivity index (χ1n) is 11.7. The van der Waals surface area contributed by atoms with Crippen molar-refractivity contribution in [2.45, 2.75) is 36.8 Å². The number of hydrogen-bond acceptors (Lipinski definition) is 5. The Morgan fingerprint density at radius 3 is 1.92 bits per heavy atom. The maximum absolute atomic E-state index is 13.6. The van der Waals surface area contributed by atoms with Crippen LogP contribution in [0.1, 0.15) is 25.7 Å². The van der Waals surface area contributed by atoms with E-state index >= 15 is 0 Å². The van der Waals surface area contributed by atoms with Crippen LogP contribution in [-0.4, -0.2) is 47.8 Å². The predicted octanol–water partition coefficient (Wildman–Crippen LogP) is 3.95. The fourth-order valence-electron chi connectivity index (χ4n) is 4.64. The van der Waals surface area contributed by atoms with Crippen LogP contribution in [0.4, 0.5) is 8.78 Å². The Morgan fingerprint density at radius 2 is 1.42 bits per heavy atom. The van der Waals surface area contributed by atoms with Crippen LogP contribution < -0.4 is 20.1 Å². The monoisotopic (exact) mass is 564 g/mol. The number of rotatable bonds is 8. The van der Waals surface area contributed by atoms with Crippen molar-refractivity contribution in [2.24, 2.45) is 0 Å². The molecule has 0 spiro atoms. The first-order valence-corrected chi connectivity index (χ1v) is 12.5. The quantitative estimate of drug-likeness (QED) is 0.422. The number of carbonyl (C=O) groups excluding carboxylic acids is 2. The van der Waals surface area contributed by atoms with Gasteiger partial charge in [0.15, 0.2) is 13.2 Å². The highest BCUT2D eigenvalue weighted by atomic mass is 35.5. The molecular formula is C27H24Cl2F2N2O5. The van der Waals surface area contributed by atoms with Crippen molar-refractivity contribution in [2.75, 3.05) is 19.8 Å². The third-order valence-corrected chi connectivity index (χ3v) is 7.14. The largest absolute Gasteiger partial charge is 0.484 e. The molecule has 2 aromatic rings. The van der Waals surface area contributed by atoms with Gasteiger partial charge >= 0.3 is 0 Å². The van der Waals surface area contributed by atoms with E-state index in [1.54, 1.807) is 6.08 Å². The molecular weight excluding hydrogens is 541 g/mol. The fourth-order valence-corrected chi connectivity index (χ4v) is 4.88. The molecule has 2 aromatic carbocycles. The van der Waals surface area contributed by atoms with Crippen LogP contribution in [0.3, 0.4) is 0 Å². The lowest BCUT2D eigenvalue weighted by Gasteiger charge is -2.51. The molecule has 2 bridgehead atoms. The Labute approximate surface area is 228 Å². The Balaban J connectivity index is 1.41. The van der Waals surface area contributed by atoms with Crippen LogP contribution in [0, 0.1) is 23.5 Å². The maximum Gasteiger partial charge on any atom is 0.258 e. The molecule has 5 rings (SSSR count). The summed E-state index contributed by atoms with van der Waals surface area (Å²) in [6.07, 6.45) is 3.79. The van der Waals surface area contributed by atoms with Gasteiger partial charge in [0.2, 0.25) is 0 Å². The predicted molar refractivity (Wildman–Crippen MR) is 137 cm³/mol. The Hall–Kier alpha value is -3.32. The zero-order valence-electron chi connectivity index (χ0n) is 20.1. The van der Waals surface area contributed by atoms with Crippen LogP contribution in [0.2, 0.25) is 10.0 Å². The fraction of sp³-hybridized carbons (Fsp3) is 0.333. The van der Waals surface area contributed by atoms with Crippen molar-refractivity contribution in [3.63, 3.8) is 0 Å². The Bertz CT molecular complexity index is 1330. The van der Waals surface area contributed by atoms with Crippen molar-refractivity contribution < 1.29 is 33.0 Å². The van der Waals surface area contributed by atoms with E-state index in [1.165, 1.54) is 24.3 Å². The molecule has 0 aliphatic heterocycles. The van der Waals surface area contributed by atoms with E-state index in [1.807, 2.05) is 0 Å². The smallest absolute Gasteiger partial charge is 0.258 e. The van der Waals surface area contributed by atoms with Gasteiger partial charge in [-0.05, 0) is 56.0 Å². The Kier molecular flexibility index (Phi) is 8.46. The molecule has 11 heteroatoms. The number of fused-ring (bicyclic) bond motifs is 2. The van der Waals surface area contributed by atoms with Gasteiger partial charge in [0.1, 0.15) is 29.7 Å². The van der Waals surface area contributed by atoms with E-state index in [0.717, 1.165) is 12.1 Å². The molecule has 0 radical (unpaired) electrons. The van der Waals surface area contributed by atoms with Crippen molar-refractivity contribution in [3.8, 4) is 23.3 Å². The molecule has 7 nitrogen and oxygen atoms in total. The number of halogens is 4. The van der Waals surface area contributed by atoms with Crippen molar-refractivity contribution in [1.29, 1.82) is 0 Å². The molecule has 2 amide bonds. The minimum Gasteiger partial charge on any atom is -0.484 e. The van der Waals surface area contributed by atoms with Gasteiger partial charge in [-0.1, -0.05) is 35.0 Å². The minimum absolute atomic E-state index is 0.0484. The number of amides is 2. The van der Waals surface area contributed by atoms with E-state index in [0.29, 0.717) is 31.3 Å². The van der Waals surface area contributed by atoms with Gasteiger partial charge in [-0.25, -0.2) is 8.78 Å². The lowest BCUT2D eigenvalue weighted by Crippen LogP contribution is -2.63. The molecule has 0 aromatic heterocycles. The highest BCUT2D eigenvalue weighted by Gasteiger charge is 2.50. The van der Waals surface area contributed by atoms with E-state index in [4.69, 9.17) is 32.7 Å². The van der Waals surface area contributed by atoms with Crippen molar-refractivity contribution in [3.05, 3.63) is 69.7 Å². The van der Waals surface area contributed by atoms with Crippen LogP contribution in [0.15, 0.2) is 48.0 Å². The topological polar surface area (TPSA) is 96.9 Å². The van der Waals surface area contributed by atoms with Gasteiger partial charge in [-0.3, -0.25) is 9.59 Å². The molecule has 0 atom stereocenters. The third-order valence-electron chi connectivity index (χ3n) is 6.52. The zero-order chi connectivity index (χ0) is 27.3. The first-order chi connectivity index (χ1) is 18.1. The number of ether oxygens (including phenoxy) is 2. The molecule has 3 aliphatic rings. The third kappa shape index (κ3) is 6.38. The molecule has 3 aliphatic carbocycles. The van der Waals surface area contributed by atoms with E-state index in [2.05, 4.69) is 22.5 Å². The summed E-state index contributed by atoms with van der Waals surface area (Å²) in [4.78, 5) is 25.4. The highest BCUT2D eigenvalue weighted by molar-refractivity contribution is 6.31. The van der Waals surface area contributed by atoms with Gasteiger partial charge in [0, 0.05) is 17.7 Å². The molecule has 3 N–H and O–H groups in total. The Morgan fingerprint density at radius 1 is 0.895 bits per heavy atom. The van der Waals surface area contributed by atoms with Gasteiger partial charge < -0.3 is 25.2 Å². The van der Waals surface area contributed by atoms with Gasteiger partial charge in [0.25, 0.3) is 11.8 Å². The molecule has 0 saturated heterocycles. The normalized spacial score (nSPS) is 21.6. The standard InChI is InChI=1S/C27H24Cl2F2N2O5/c28-20-5-3-18(12-22(20)30)37-15-24(35)32-26-7-9-27(10-8-26,17(14-26)2-1-11-34)33-25(36)16-38-19-4-6-21(29)23(31)13-19/h3-6,12-14,34H,7-11,15-16H2,(H,32,35)(H,33,36).